The predicted molar refractivity (Wildman–Crippen MR) is 91.7 cm³/mol. The minimum Gasteiger partial charge on any atom is -0.497 e. The number of para-hydroxylation sites is 1. The molecule has 1 aliphatic rings. The largest absolute Gasteiger partial charge is 0.532 e. The molecule has 0 saturated carbocycles. The van der Waals surface area contributed by atoms with Crippen molar-refractivity contribution in [3.63, 3.8) is 0 Å². The van der Waals surface area contributed by atoms with Gasteiger partial charge in [-0.25, -0.2) is 4.79 Å². The van der Waals surface area contributed by atoms with Gasteiger partial charge in [-0.05, 0) is 35.7 Å². The standard InChI is InChI=1S/C18H19O5P/c1-18(2,3)14-11-12(20-4)9-10-16(14)22-24-21-15-8-6-5-7-13(15)17(19)23-24/h5-11H,1-4H3. The fraction of sp³-hybridized carbons (Fsp3) is 0.278. The second-order valence-electron chi connectivity index (χ2n) is 6.39. The van der Waals surface area contributed by atoms with Crippen molar-refractivity contribution in [2.45, 2.75) is 26.2 Å². The van der Waals surface area contributed by atoms with Gasteiger partial charge < -0.3 is 18.3 Å². The molecule has 0 aliphatic carbocycles. The number of carbonyl (C=O) groups excluding carboxylic acids is 1. The van der Waals surface area contributed by atoms with Crippen LogP contribution in [0.1, 0.15) is 36.7 Å². The lowest BCUT2D eigenvalue weighted by molar-refractivity contribution is 0.0697. The van der Waals surface area contributed by atoms with Crippen molar-refractivity contribution in [2.75, 3.05) is 7.11 Å². The number of methoxy groups -OCH3 is 1. The summed E-state index contributed by atoms with van der Waals surface area (Å²) in [6.45, 7) is 6.22. The monoisotopic (exact) mass is 346 g/mol. The first-order chi connectivity index (χ1) is 11.4. The summed E-state index contributed by atoms with van der Waals surface area (Å²) >= 11 is 0. The molecule has 6 heteroatoms. The van der Waals surface area contributed by atoms with E-state index in [2.05, 4.69) is 20.8 Å². The van der Waals surface area contributed by atoms with Crippen molar-refractivity contribution in [2.24, 2.45) is 0 Å². The molecule has 24 heavy (non-hydrogen) atoms. The summed E-state index contributed by atoms with van der Waals surface area (Å²) in [6.07, 6.45) is 0. The Bertz CT molecular complexity index is 766. The summed E-state index contributed by atoms with van der Waals surface area (Å²) in [6, 6.07) is 12.5. The molecule has 0 spiro atoms. The summed E-state index contributed by atoms with van der Waals surface area (Å²) in [7, 11) is -0.221. The minimum atomic E-state index is -1.84. The van der Waals surface area contributed by atoms with E-state index in [0.29, 0.717) is 17.1 Å². The van der Waals surface area contributed by atoms with Gasteiger partial charge >= 0.3 is 14.6 Å². The Kier molecular flexibility index (Phi) is 4.37. The van der Waals surface area contributed by atoms with Gasteiger partial charge in [0, 0.05) is 5.56 Å². The van der Waals surface area contributed by atoms with Crippen LogP contribution in [-0.4, -0.2) is 13.1 Å². The van der Waals surface area contributed by atoms with Crippen LogP contribution in [-0.2, 0) is 9.94 Å². The Morgan fingerprint density at radius 1 is 1.04 bits per heavy atom. The topological polar surface area (TPSA) is 54.0 Å². The van der Waals surface area contributed by atoms with Crippen LogP contribution in [0.4, 0.5) is 0 Å². The third-order valence-electron chi connectivity index (χ3n) is 3.60. The number of carbonyl (C=O) groups is 1. The van der Waals surface area contributed by atoms with Crippen LogP contribution >= 0.6 is 8.60 Å². The van der Waals surface area contributed by atoms with Crippen molar-refractivity contribution in [3.8, 4) is 17.2 Å². The van der Waals surface area contributed by atoms with Gasteiger partial charge in [-0.3, -0.25) is 0 Å². The second kappa shape index (κ2) is 6.33. The first kappa shape index (κ1) is 16.6. The molecular weight excluding hydrogens is 327 g/mol. The van der Waals surface area contributed by atoms with Gasteiger partial charge in [-0.2, -0.15) is 0 Å². The van der Waals surface area contributed by atoms with Crippen LogP contribution in [0.3, 0.4) is 0 Å². The minimum absolute atomic E-state index is 0.170. The predicted octanol–water partition coefficient (Wildman–Crippen LogP) is 4.85. The van der Waals surface area contributed by atoms with Crippen LogP contribution in [0.25, 0.3) is 0 Å². The first-order valence-corrected chi connectivity index (χ1v) is 8.64. The van der Waals surface area contributed by atoms with E-state index in [1.54, 1.807) is 43.5 Å². The van der Waals surface area contributed by atoms with Gasteiger partial charge in [-0.1, -0.05) is 32.9 Å². The summed E-state index contributed by atoms with van der Waals surface area (Å²) in [4.78, 5) is 12.1. The Morgan fingerprint density at radius 3 is 2.50 bits per heavy atom. The molecule has 0 bridgehead atoms. The fourth-order valence-electron chi connectivity index (χ4n) is 2.35. The number of hydrogen-bond acceptors (Lipinski definition) is 5. The molecule has 1 atom stereocenters. The average molecular weight is 346 g/mol. The maximum absolute atomic E-state index is 12.1. The number of rotatable bonds is 3. The quantitative estimate of drug-likeness (QED) is 0.744. The van der Waals surface area contributed by atoms with Crippen LogP contribution in [0.2, 0.25) is 0 Å². The molecule has 1 unspecified atom stereocenters. The molecule has 2 aromatic carbocycles. The van der Waals surface area contributed by atoms with Gasteiger partial charge in [0.15, 0.2) is 0 Å². The lowest BCUT2D eigenvalue weighted by Crippen LogP contribution is -2.17. The Balaban J connectivity index is 1.88. The molecule has 0 fully saturated rings. The zero-order valence-electron chi connectivity index (χ0n) is 14.0. The average Bonchev–Trinajstić information content (AvgIpc) is 2.54. The molecule has 126 valence electrons. The van der Waals surface area contributed by atoms with E-state index in [4.69, 9.17) is 18.3 Å². The summed E-state index contributed by atoms with van der Waals surface area (Å²) in [5, 5.41) is 0. The maximum atomic E-state index is 12.1. The van der Waals surface area contributed by atoms with Gasteiger partial charge in [0.25, 0.3) is 0 Å². The van der Waals surface area contributed by atoms with Crippen molar-refractivity contribution < 1.29 is 23.1 Å². The Hall–Kier alpha value is -2.26. The van der Waals surface area contributed by atoms with Gasteiger partial charge in [0.05, 0.1) is 7.11 Å². The molecule has 5 nitrogen and oxygen atoms in total. The number of benzene rings is 2. The van der Waals surface area contributed by atoms with Crippen LogP contribution in [0, 0.1) is 0 Å². The highest BCUT2D eigenvalue weighted by Crippen LogP contribution is 2.49. The molecule has 1 heterocycles. The highest BCUT2D eigenvalue weighted by atomic mass is 31.2. The fourth-order valence-corrected chi connectivity index (χ4v) is 3.34. The number of ether oxygens (including phenoxy) is 1. The summed E-state index contributed by atoms with van der Waals surface area (Å²) < 4.78 is 22.2. The van der Waals surface area contributed by atoms with Crippen molar-refractivity contribution in [1.82, 2.24) is 0 Å². The Morgan fingerprint density at radius 2 is 1.79 bits per heavy atom. The smallest absolute Gasteiger partial charge is 0.497 e. The second-order valence-corrected chi connectivity index (χ2v) is 7.39. The molecule has 0 amide bonds. The zero-order chi connectivity index (χ0) is 17.3. The van der Waals surface area contributed by atoms with E-state index in [1.807, 2.05) is 6.07 Å². The normalized spacial score (nSPS) is 16.7. The number of hydrogen-bond donors (Lipinski definition) is 0. The summed E-state index contributed by atoms with van der Waals surface area (Å²) in [5.41, 5.74) is 1.19. The van der Waals surface area contributed by atoms with E-state index in [0.717, 1.165) is 11.3 Å². The highest BCUT2D eigenvalue weighted by molar-refractivity contribution is 7.43. The molecule has 1 aliphatic heterocycles. The molecular formula is C18H19O5P. The lowest BCUT2D eigenvalue weighted by Gasteiger charge is -2.26. The molecule has 3 rings (SSSR count). The van der Waals surface area contributed by atoms with Crippen LogP contribution in [0.15, 0.2) is 42.5 Å². The van der Waals surface area contributed by atoms with Crippen molar-refractivity contribution in [1.29, 1.82) is 0 Å². The Labute approximate surface area is 142 Å². The first-order valence-electron chi connectivity index (χ1n) is 7.54. The van der Waals surface area contributed by atoms with Crippen molar-refractivity contribution >= 4 is 14.6 Å². The van der Waals surface area contributed by atoms with E-state index < -0.39 is 14.6 Å². The van der Waals surface area contributed by atoms with E-state index in [9.17, 15) is 4.79 Å². The van der Waals surface area contributed by atoms with Gasteiger partial charge in [-0.15, -0.1) is 0 Å². The van der Waals surface area contributed by atoms with Gasteiger partial charge in [0.2, 0.25) is 0 Å². The zero-order valence-corrected chi connectivity index (χ0v) is 14.9. The van der Waals surface area contributed by atoms with Crippen molar-refractivity contribution in [3.05, 3.63) is 53.6 Å². The SMILES string of the molecule is COc1ccc(OP2OC(=O)c3ccccc3O2)c(C(C)(C)C)c1. The number of fused-ring (bicyclic) bond motifs is 1. The molecule has 2 aromatic rings. The van der Waals surface area contributed by atoms with E-state index in [-0.39, 0.29) is 5.41 Å². The van der Waals surface area contributed by atoms with Crippen LogP contribution < -0.4 is 13.8 Å². The lowest BCUT2D eigenvalue weighted by atomic mass is 9.86. The van der Waals surface area contributed by atoms with E-state index >= 15 is 0 Å². The van der Waals surface area contributed by atoms with Gasteiger partial charge in [0.1, 0.15) is 22.8 Å². The molecule has 0 saturated heterocycles. The third kappa shape index (κ3) is 3.31. The van der Waals surface area contributed by atoms with Crippen LogP contribution in [0.5, 0.6) is 17.2 Å². The summed E-state index contributed by atoms with van der Waals surface area (Å²) in [5.74, 6) is 1.40. The highest BCUT2D eigenvalue weighted by Gasteiger charge is 2.33. The van der Waals surface area contributed by atoms with E-state index in [1.165, 1.54) is 0 Å². The molecule has 0 aromatic heterocycles. The maximum Gasteiger partial charge on any atom is 0.532 e. The third-order valence-corrected chi connectivity index (χ3v) is 4.61. The molecule has 0 radical (unpaired) electrons. The molecule has 0 N–H and O–H groups in total.